The summed E-state index contributed by atoms with van der Waals surface area (Å²) in [5.41, 5.74) is 5.95. The van der Waals surface area contributed by atoms with Crippen LogP contribution in [0.4, 0.5) is 5.82 Å². The van der Waals surface area contributed by atoms with Crippen LogP contribution in [0.5, 0.6) is 0 Å². The van der Waals surface area contributed by atoms with Gasteiger partial charge in [-0.2, -0.15) is 0 Å². The Kier molecular flexibility index (Phi) is 4.12. The van der Waals surface area contributed by atoms with Crippen LogP contribution >= 0.6 is 11.6 Å². The molecule has 2 N–H and O–H groups in total. The average Bonchev–Trinajstić information content (AvgIpc) is 2.22. The second kappa shape index (κ2) is 5.16. The smallest absolute Gasteiger partial charge is 0.255 e. The molecule has 0 spiro atoms. The van der Waals surface area contributed by atoms with Crippen molar-refractivity contribution in [2.75, 3.05) is 12.3 Å². The van der Waals surface area contributed by atoms with Gasteiger partial charge in [-0.15, -0.1) is 0 Å². The molecule has 16 heavy (non-hydrogen) atoms. The number of aromatic nitrogens is 1. The Bertz CT molecular complexity index is 393. The lowest BCUT2D eigenvalue weighted by Crippen LogP contribution is -2.36. The maximum Gasteiger partial charge on any atom is 0.255 e. The summed E-state index contributed by atoms with van der Waals surface area (Å²) in [5.74, 6) is 0.184. The molecule has 0 unspecified atom stereocenters. The van der Waals surface area contributed by atoms with Gasteiger partial charge in [0.2, 0.25) is 0 Å². The molecule has 1 aromatic rings. The van der Waals surface area contributed by atoms with Crippen LogP contribution < -0.4 is 5.73 Å². The third-order valence-corrected chi connectivity index (χ3v) is 2.63. The minimum atomic E-state index is -0.114. The Morgan fingerprint density at radius 3 is 2.75 bits per heavy atom. The minimum Gasteiger partial charge on any atom is -0.384 e. The molecule has 88 valence electrons. The summed E-state index contributed by atoms with van der Waals surface area (Å²) in [7, 11) is 0. The quantitative estimate of drug-likeness (QED) is 0.883. The van der Waals surface area contributed by atoms with Gasteiger partial charge in [0.25, 0.3) is 5.91 Å². The van der Waals surface area contributed by atoms with Crippen molar-refractivity contribution in [1.29, 1.82) is 0 Å². The minimum absolute atomic E-state index is 0.114. The van der Waals surface area contributed by atoms with E-state index in [2.05, 4.69) is 4.98 Å². The number of halogens is 1. The molecule has 0 aliphatic carbocycles. The van der Waals surface area contributed by atoms with E-state index in [1.54, 1.807) is 4.90 Å². The van der Waals surface area contributed by atoms with E-state index in [9.17, 15) is 4.79 Å². The molecule has 0 aromatic carbocycles. The molecule has 0 radical (unpaired) electrons. The molecule has 0 aliphatic heterocycles. The molecule has 4 nitrogen and oxygen atoms in total. The van der Waals surface area contributed by atoms with Gasteiger partial charge in [0.15, 0.2) is 0 Å². The molecule has 0 atom stereocenters. The van der Waals surface area contributed by atoms with E-state index in [0.29, 0.717) is 22.9 Å². The fraction of sp³-hybridized carbons (Fsp3) is 0.455. The fourth-order valence-electron chi connectivity index (χ4n) is 1.52. The number of anilines is 1. The molecule has 0 bridgehead atoms. The highest BCUT2D eigenvalue weighted by atomic mass is 35.5. The van der Waals surface area contributed by atoms with E-state index >= 15 is 0 Å². The first-order valence-corrected chi connectivity index (χ1v) is 5.57. The number of carbonyl (C=O) groups is 1. The molecule has 0 aliphatic rings. The molecular weight excluding hydrogens is 226 g/mol. The standard InChI is InChI=1S/C11H16ClN3O/c1-4-15(7(2)3)11(16)8-5-10(13)14-6-9(8)12/h5-7H,4H2,1-3H3,(H2,13,14). The molecule has 0 fully saturated rings. The van der Waals surface area contributed by atoms with Crippen molar-refractivity contribution in [3.05, 3.63) is 22.8 Å². The number of carbonyl (C=O) groups excluding carboxylic acids is 1. The highest BCUT2D eigenvalue weighted by Crippen LogP contribution is 2.19. The highest BCUT2D eigenvalue weighted by Gasteiger charge is 2.19. The Hall–Kier alpha value is -1.29. The SMILES string of the molecule is CCN(C(=O)c1cc(N)ncc1Cl)C(C)C. The van der Waals surface area contributed by atoms with Gasteiger partial charge in [-0.25, -0.2) is 4.98 Å². The van der Waals surface area contributed by atoms with Crippen LogP contribution in [0, 0.1) is 0 Å². The lowest BCUT2D eigenvalue weighted by molar-refractivity contribution is 0.0717. The summed E-state index contributed by atoms with van der Waals surface area (Å²) in [6.45, 7) is 6.48. The van der Waals surface area contributed by atoms with Crippen LogP contribution in [-0.2, 0) is 0 Å². The van der Waals surface area contributed by atoms with Crippen molar-refractivity contribution in [2.24, 2.45) is 0 Å². The Morgan fingerprint density at radius 2 is 2.25 bits per heavy atom. The lowest BCUT2D eigenvalue weighted by atomic mass is 10.2. The molecule has 1 heterocycles. The van der Waals surface area contributed by atoms with Crippen molar-refractivity contribution < 1.29 is 4.79 Å². The zero-order chi connectivity index (χ0) is 12.3. The first kappa shape index (κ1) is 12.8. The zero-order valence-corrected chi connectivity index (χ0v) is 10.5. The molecule has 0 saturated carbocycles. The molecule has 1 amide bonds. The van der Waals surface area contributed by atoms with Crippen LogP contribution in [-0.4, -0.2) is 28.4 Å². The number of hydrogen-bond donors (Lipinski definition) is 1. The van der Waals surface area contributed by atoms with Crippen LogP contribution in [0.25, 0.3) is 0 Å². The Balaban J connectivity index is 3.08. The fourth-order valence-corrected chi connectivity index (χ4v) is 1.70. The molecule has 1 rings (SSSR count). The van der Waals surface area contributed by atoms with Gasteiger partial charge >= 0.3 is 0 Å². The third kappa shape index (κ3) is 2.64. The predicted octanol–water partition coefficient (Wildman–Crippen LogP) is 2.19. The lowest BCUT2D eigenvalue weighted by Gasteiger charge is -2.25. The largest absolute Gasteiger partial charge is 0.384 e. The Morgan fingerprint density at radius 1 is 1.62 bits per heavy atom. The topological polar surface area (TPSA) is 59.2 Å². The summed E-state index contributed by atoms with van der Waals surface area (Å²) >= 11 is 5.93. The molecule has 0 saturated heterocycles. The van der Waals surface area contributed by atoms with Crippen molar-refractivity contribution >= 4 is 23.3 Å². The summed E-state index contributed by atoms with van der Waals surface area (Å²) < 4.78 is 0. The molecule has 1 aromatic heterocycles. The molecule has 5 heteroatoms. The van der Waals surface area contributed by atoms with E-state index in [0.717, 1.165) is 0 Å². The monoisotopic (exact) mass is 241 g/mol. The van der Waals surface area contributed by atoms with E-state index in [1.807, 2.05) is 20.8 Å². The van der Waals surface area contributed by atoms with Crippen LogP contribution in [0.3, 0.4) is 0 Å². The van der Waals surface area contributed by atoms with Crippen molar-refractivity contribution in [3.63, 3.8) is 0 Å². The molecular formula is C11H16ClN3O. The van der Waals surface area contributed by atoms with E-state index < -0.39 is 0 Å². The van der Waals surface area contributed by atoms with Gasteiger partial charge in [0, 0.05) is 18.8 Å². The van der Waals surface area contributed by atoms with Gasteiger partial charge in [-0.3, -0.25) is 4.79 Å². The number of nitrogens with zero attached hydrogens (tertiary/aromatic N) is 2. The number of nitrogen functional groups attached to an aromatic ring is 1. The second-order valence-electron chi connectivity index (χ2n) is 3.77. The second-order valence-corrected chi connectivity index (χ2v) is 4.18. The van der Waals surface area contributed by atoms with E-state index in [4.69, 9.17) is 17.3 Å². The maximum atomic E-state index is 12.1. The summed E-state index contributed by atoms with van der Waals surface area (Å²) in [4.78, 5) is 17.7. The number of hydrogen-bond acceptors (Lipinski definition) is 3. The first-order valence-electron chi connectivity index (χ1n) is 5.19. The predicted molar refractivity (Wildman–Crippen MR) is 65.5 cm³/mol. The van der Waals surface area contributed by atoms with Crippen LogP contribution in [0.15, 0.2) is 12.3 Å². The number of nitrogens with two attached hydrogens (primary N) is 1. The van der Waals surface area contributed by atoms with E-state index in [-0.39, 0.29) is 11.9 Å². The summed E-state index contributed by atoms with van der Waals surface area (Å²) in [5, 5.41) is 0.332. The van der Waals surface area contributed by atoms with Gasteiger partial charge in [-0.05, 0) is 26.8 Å². The van der Waals surface area contributed by atoms with Crippen molar-refractivity contribution in [2.45, 2.75) is 26.8 Å². The van der Waals surface area contributed by atoms with Gasteiger partial charge < -0.3 is 10.6 Å². The van der Waals surface area contributed by atoms with E-state index in [1.165, 1.54) is 12.3 Å². The first-order chi connectivity index (χ1) is 7.47. The normalized spacial score (nSPS) is 10.6. The number of amides is 1. The Labute approximate surface area is 100 Å². The highest BCUT2D eigenvalue weighted by molar-refractivity contribution is 6.33. The van der Waals surface area contributed by atoms with Crippen molar-refractivity contribution in [3.8, 4) is 0 Å². The number of rotatable bonds is 3. The summed E-state index contributed by atoms with van der Waals surface area (Å²) in [6.07, 6.45) is 1.40. The maximum absolute atomic E-state index is 12.1. The van der Waals surface area contributed by atoms with Crippen molar-refractivity contribution in [1.82, 2.24) is 9.88 Å². The number of pyridine rings is 1. The van der Waals surface area contributed by atoms with Gasteiger partial charge in [0.05, 0.1) is 10.6 Å². The zero-order valence-electron chi connectivity index (χ0n) is 9.70. The van der Waals surface area contributed by atoms with Gasteiger partial charge in [-0.1, -0.05) is 11.6 Å². The van der Waals surface area contributed by atoms with Crippen LogP contribution in [0.1, 0.15) is 31.1 Å². The average molecular weight is 242 g/mol. The third-order valence-electron chi connectivity index (χ3n) is 2.33. The van der Waals surface area contributed by atoms with Crippen LogP contribution in [0.2, 0.25) is 5.02 Å². The van der Waals surface area contributed by atoms with Gasteiger partial charge in [0.1, 0.15) is 5.82 Å². The summed E-state index contributed by atoms with van der Waals surface area (Å²) in [6, 6.07) is 1.64.